The number of nitrogens with one attached hydrogen (secondary N) is 2. The van der Waals surface area contributed by atoms with Crippen molar-refractivity contribution < 1.29 is 19.1 Å². The first-order valence-corrected chi connectivity index (χ1v) is 9.11. The van der Waals surface area contributed by atoms with E-state index in [2.05, 4.69) is 10.7 Å². The summed E-state index contributed by atoms with van der Waals surface area (Å²) < 4.78 is 5.48. The molecule has 0 bridgehead atoms. The van der Waals surface area contributed by atoms with Gasteiger partial charge in [0.05, 0.1) is 11.8 Å². The Morgan fingerprint density at radius 2 is 1.67 bits per heavy atom. The Morgan fingerprint density at radius 1 is 1.07 bits per heavy atom. The molecule has 1 aromatic rings. The van der Waals surface area contributed by atoms with Crippen molar-refractivity contribution in [2.75, 3.05) is 6.54 Å². The Morgan fingerprint density at radius 3 is 2.15 bits per heavy atom. The minimum Gasteiger partial charge on any atom is -0.460 e. The van der Waals surface area contributed by atoms with E-state index in [9.17, 15) is 14.4 Å². The molecule has 0 radical (unpaired) electrons. The number of amides is 2. The van der Waals surface area contributed by atoms with Gasteiger partial charge in [-0.2, -0.15) is 0 Å². The lowest BCUT2D eigenvalue weighted by molar-refractivity contribution is -0.163. The Balaban J connectivity index is 3.02. The van der Waals surface area contributed by atoms with Crippen LogP contribution in [-0.2, 0) is 14.3 Å². The first kappa shape index (κ1) is 22.6. The monoisotopic (exact) mass is 377 g/mol. The fourth-order valence-electron chi connectivity index (χ4n) is 2.73. The van der Waals surface area contributed by atoms with Crippen molar-refractivity contribution in [1.29, 1.82) is 0 Å². The maximum atomic E-state index is 12.8. The van der Waals surface area contributed by atoms with Crippen LogP contribution in [0.2, 0.25) is 0 Å². The molecule has 0 saturated heterocycles. The van der Waals surface area contributed by atoms with Crippen molar-refractivity contribution in [3.63, 3.8) is 0 Å². The van der Waals surface area contributed by atoms with Gasteiger partial charge in [0.1, 0.15) is 5.60 Å². The Hall–Kier alpha value is -2.41. The van der Waals surface area contributed by atoms with Crippen molar-refractivity contribution >= 4 is 17.8 Å². The van der Waals surface area contributed by atoms with E-state index in [1.807, 2.05) is 19.9 Å². The van der Waals surface area contributed by atoms with Crippen molar-refractivity contribution in [3.8, 4) is 0 Å². The van der Waals surface area contributed by atoms with Gasteiger partial charge in [0.2, 0.25) is 5.91 Å². The molecular formula is C20H31N3O4. The zero-order chi connectivity index (χ0) is 20.6. The fourth-order valence-corrected chi connectivity index (χ4v) is 2.73. The topological polar surface area (TPSA) is 111 Å². The van der Waals surface area contributed by atoms with Crippen LogP contribution in [0, 0.1) is 17.8 Å². The maximum Gasteiger partial charge on any atom is 0.312 e. The zero-order valence-corrected chi connectivity index (χ0v) is 16.7. The highest BCUT2D eigenvalue weighted by atomic mass is 16.6. The van der Waals surface area contributed by atoms with Gasteiger partial charge in [0.15, 0.2) is 0 Å². The molecule has 27 heavy (non-hydrogen) atoms. The van der Waals surface area contributed by atoms with Crippen LogP contribution in [-0.4, -0.2) is 29.9 Å². The summed E-state index contributed by atoms with van der Waals surface area (Å²) >= 11 is 0. The van der Waals surface area contributed by atoms with Gasteiger partial charge in [-0.1, -0.05) is 32.0 Å². The number of esters is 1. The number of benzene rings is 1. The molecule has 0 fully saturated rings. The number of nitrogens with two attached hydrogens (primary N) is 1. The second-order valence-electron chi connectivity index (χ2n) is 7.96. The minimum atomic E-state index is -0.845. The van der Waals surface area contributed by atoms with E-state index in [-0.39, 0.29) is 18.4 Å². The van der Waals surface area contributed by atoms with Crippen molar-refractivity contribution in [1.82, 2.24) is 10.7 Å². The van der Waals surface area contributed by atoms with Crippen LogP contribution in [0.5, 0.6) is 0 Å². The summed E-state index contributed by atoms with van der Waals surface area (Å²) in [5.74, 6) is 2.62. The summed E-state index contributed by atoms with van der Waals surface area (Å²) in [6, 6.07) is 8.67. The van der Waals surface area contributed by atoms with Crippen LogP contribution in [0.3, 0.4) is 0 Å². The largest absolute Gasteiger partial charge is 0.460 e. The van der Waals surface area contributed by atoms with Gasteiger partial charge in [-0.05, 0) is 45.2 Å². The van der Waals surface area contributed by atoms with Gasteiger partial charge in [-0.15, -0.1) is 0 Å². The molecule has 0 heterocycles. The number of hydrazine groups is 1. The number of ether oxygens (including phenoxy) is 1. The molecular weight excluding hydrogens is 346 g/mol. The molecule has 150 valence electrons. The second-order valence-corrected chi connectivity index (χ2v) is 7.96. The predicted molar refractivity (Wildman–Crippen MR) is 103 cm³/mol. The highest BCUT2D eigenvalue weighted by molar-refractivity contribution is 5.94. The third-order valence-electron chi connectivity index (χ3n) is 3.92. The standard InChI is InChI=1S/C20H31N3O4/c1-13(2)11-15(18(25)23-21)16(19(26)27-20(3,4)5)12-22-17(24)14-9-7-6-8-10-14/h6-10,13,15-16H,11-12,21H2,1-5H3,(H,22,24)(H,23,25)/t15-,16+/m1/s1. The minimum absolute atomic E-state index is 0.0204. The summed E-state index contributed by atoms with van der Waals surface area (Å²) in [7, 11) is 0. The van der Waals surface area contributed by atoms with Crippen molar-refractivity contribution in [3.05, 3.63) is 35.9 Å². The molecule has 0 aromatic heterocycles. The molecule has 7 nitrogen and oxygen atoms in total. The highest BCUT2D eigenvalue weighted by Crippen LogP contribution is 2.24. The molecule has 0 aliphatic carbocycles. The summed E-state index contributed by atoms with van der Waals surface area (Å²) in [6.07, 6.45) is 0.439. The molecule has 0 unspecified atom stereocenters. The normalized spacial score (nSPS) is 13.6. The highest BCUT2D eigenvalue weighted by Gasteiger charge is 2.37. The smallest absolute Gasteiger partial charge is 0.312 e. The van der Waals surface area contributed by atoms with Gasteiger partial charge in [-0.25, -0.2) is 5.84 Å². The van der Waals surface area contributed by atoms with E-state index >= 15 is 0 Å². The number of carbonyl (C=O) groups is 3. The predicted octanol–water partition coefficient (Wildman–Crippen LogP) is 2.03. The summed E-state index contributed by atoms with van der Waals surface area (Å²) in [5.41, 5.74) is 1.90. The SMILES string of the molecule is CC(C)C[C@@H](C(=O)NN)[C@H](CNC(=O)c1ccccc1)C(=O)OC(C)(C)C. The van der Waals surface area contributed by atoms with Crippen LogP contribution in [0.4, 0.5) is 0 Å². The second kappa shape index (κ2) is 10.1. The summed E-state index contributed by atoms with van der Waals surface area (Å²) in [4.78, 5) is 37.4. The van der Waals surface area contributed by atoms with Crippen molar-refractivity contribution in [2.24, 2.45) is 23.6 Å². The molecule has 1 aromatic carbocycles. The quantitative estimate of drug-likeness (QED) is 0.278. The van der Waals surface area contributed by atoms with Crippen LogP contribution in [0.1, 0.15) is 51.4 Å². The van der Waals surface area contributed by atoms with E-state index in [1.54, 1.807) is 45.0 Å². The molecule has 2 atom stereocenters. The third-order valence-corrected chi connectivity index (χ3v) is 3.92. The van der Waals surface area contributed by atoms with Crippen LogP contribution >= 0.6 is 0 Å². The average Bonchev–Trinajstić information content (AvgIpc) is 2.58. The number of hydrogen-bond donors (Lipinski definition) is 3. The van der Waals surface area contributed by atoms with E-state index in [4.69, 9.17) is 10.6 Å². The molecule has 0 saturated carbocycles. The molecule has 0 aliphatic rings. The number of hydrogen-bond acceptors (Lipinski definition) is 5. The number of rotatable bonds is 8. The summed E-state index contributed by atoms with van der Waals surface area (Å²) in [5, 5.41) is 2.74. The first-order valence-electron chi connectivity index (χ1n) is 9.11. The van der Waals surface area contributed by atoms with Gasteiger partial charge in [0.25, 0.3) is 5.91 Å². The lowest BCUT2D eigenvalue weighted by Crippen LogP contribution is -2.47. The Labute approximate surface area is 161 Å². The molecule has 1 rings (SSSR count). The molecule has 7 heteroatoms. The van der Waals surface area contributed by atoms with Gasteiger partial charge >= 0.3 is 5.97 Å². The van der Waals surface area contributed by atoms with Gasteiger partial charge in [0, 0.05) is 12.1 Å². The van der Waals surface area contributed by atoms with Crippen molar-refractivity contribution in [2.45, 2.75) is 46.6 Å². The van der Waals surface area contributed by atoms with Crippen LogP contribution in [0.25, 0.3) is 0 Å². The molecule has 0 aliphatic heterocycles. The fraction of sp³-hybridized carbons (Fsp3) is 0.550. The average molecular weight is 377 g/mol. The summed E-state index contributed by atoms with van der Waals surface area (Å²) in [6.45, 7) is 9.14. The molecule has 4 N–H and O–H groups in total. The zero-order valence-electron chi connectivity index (χ0n) is 16.7. The van der Waals surface area contributed by atoms with E-state index in [0.717, 1.165) is 0 Å². The van der Waals surface area contributed by atoms with E-state index in [0.29, 0.717) is 12.0 Å². The first-order chi connectivity index (χ1) is 12.5. The Bertz CT molecular complexity index is 638. The molecule has 2 amide bonds. The van der Waals surface area contributed by atoms with Crippen LogP contribution < -0.4 is 16.6 Å². The van der Waals surface area contributed by atoms with Gasteiger partial charge < -0.3 is 10.1 Å². The lowest BCUT2D eigenvalue weighted by Gasteiger charge is -2.29. The Kier molecular flexibility index (Phi) is 8.43. The number of carbonyl (C=O) groups excluding carboxylic acids is 3. The van der Waals surface area contributed by atoms with Crippen LogP contribution in [0.15, 0.2) is 30.3 Å². The van der Waals surface area contributed by atoms with E-state index in [1.165, 1.54) is 0 Å². The molecule has 0 spiro atoms. The van der Waals surface area contributed by atoms with E-state index < -0.39 is 29.3 Å². The van der Waals surface area contributed by atoms with Gasteiger partial charge in [-0.3, -0.25) is 19.8 Å². The third kappa shape index (κ3) is 7.78. The lowest BCUT2D eigenvalue weighted by atomic mass is 9.84. The maximum absolute atomic E-state index is 12.8.